The Morgan fingerprint density at radius 3 is 1.41 bits per heavy atom. The molecule has 4 aromatic heterocycles. The Kier molecular flexibility index (Phi) is 14.3. The second-order valence-corrected chi connectivity index (χ2v) is 33.3. The number of fused-ring (bicyclic) bond motifs is 29. The van der Waals surface area contributed by atoms with E-state index in [1.54, 1.807) is 0 Å². The summed E-state index contributed by atoms with van der Waals surface area (Å²) in [7, 11) is 0. The van der Waals surface area contributed by atoms with Gasteiger partial charge in [-0.3, -0.25) is 4.57 Å². The van der Waals surface area contributed by atoms with E-state index >= 15 is 0 Å². The maximum absolute atomic E-state index is 5.90. The molecule has 0 saturated carbocycles. The summed E-state index contributed by atoms with van der Waals surface area (Å²) in [5.74, 6) is 2.73. The lowest BCUT2D eigenvalue weighted by atomic mass is 9.66. The van der Waals surface area contributed by atoms with Gasteiger partial charge in [-0.2, -0.15) is 0 Å². The monoisotopic (exact) mass is 1510 g/mol. The van der Waals surface area contributed by atoms with Crippen molar-refractivity contribution in [1.29, 1.82) is 0 Å². The Morgan fingerprint density at radius 1 is 0.276 bits per heavy atom. The van der Waals surface area contributed by atoms with E-state index in [4.69, 9.17) is 19.9 Å². The van der Waals surface area contributed by atoms with E-state index in [1.165, 1.54) is 135 Å². The van der Waals surface area contributed by atoms with Crippen molar-refractivity contribution < 1.29 is 0 Å². The predicted molar refractivity (Wildman–Crippen MR) is 478 cm³/mol. The number of rotatable bonds is 8. The molecule has 0 bridgehead atoms. The van der Waals surface area contributed by atoms with Crippen molar-refractivity contribution in [3.8, 4) is 90.3 Å². The first-order valence-corrected chi connectivity index (χ1v) is 41.6. The standard InChI is InChI=1S/C108H66N6S2/c1-4-28-67(29-5-1)94-63-74(64-97(109-94)114-99-77-39-13-11-27-66(77)51-54-82(99)84-56-59-93-103(101(84)114)116-95-48-22-20-46-90(95)107(93)86-43-17-14-40-78(86)79-41-15-18-44-87(79)107)71-35-24-34-70(60-71)72-52-57-89-85(62-72)80-42-16-19-45-88(80)108(89)91-47-21-23-49-96(91)115-102-92(108)58-55-83-81-53-50-65-26-10-12-38-76(65)98(81)113(100(83)102)75-37-25-36-73(61-75)106-111-104(68-30-6-2-7-31-68)110-105(112-106)69-32-8-3-9-33-69/h1-14,16-40,42-64H,15,41H2. The molecule has 2 aliphatic heterocycles. The first-order valence-electron chi connectivity index (χ1n) is 40.0. The number of hydrogen-bond acceptors (Lipinski definition) is 6. The Balaban J connectivity index is 0.673. The zero-order chi connectivity index (χ0) is 75.9. The lowest BCUT2D eigenvalue weighted by Crippen LogP contribution is -2.33. The average Bonchev–Trinajstić information content (AvgIpc) is 1.49. The van der Waals surface area contributed by atoms with Gasteiger partial charge in [0.1, 0.15) is 5.82 Å². The molecule has 8 heteroatoms. The molecule has 6 heterocycles. The van der Waals surface area contributed by atoms with Crippen molar-refractivity contribution in [2.75, 3.05) is 0 Å². The highest BCUT2D eigenvalue weighted by molar-refractivity contribution is 8.00. The number of pyridine rings is 1. The molecule has 0 fully saturated rings. The normalized spacial score (nSPS) is 16.0. The Labute approximate surface area is 678 Å². The predicted octanol–water partition coefficient (Wildman–Crippen LogP) is 27.5. The average molecular weight is 1510 g/mol. The van der Waals surface area contributed by atoms with Gasteiger partial charge < -0.3 is 4.57 Å². The molecular formula is C108H66N6S2. The highest BCUT2D eigenvalue weighted by atomic mass is 32.2. The maximum Gasteiger partial charge on any atom is 0.164 e. The molecule has 5 aliphatic rings. The zero-order valence-electron chi connectivity index (χ0n) is 62.7. The van der Waals surface area contributed by atoms with Gasteiger partial charge in [-0.15, -0.1) is 0 Å². The molecule has 0 saturated heterocycles. The number of aromatic nitrogens is 6. The first kappa shape index (κ1) is 65.5. The van der Waals surface area contributed by atoms with Crippen LogP contribution >= 0.6 is 23.5 Å². The fraction of sp³-hybridized carbons (Fsp3) is 0.0370. The third-order valence-electron chi connectivity index (χ3n) is 25.3. The first-order chi connectivity index (χ1) is 57.5. The SMILES string of the molecule is C1=CC2=C(CC1)c1ccccc1C21c2ccccc2Sc2c1ccc1c3ccc4ccccc4c3n(-c3cc(-c4cccc(-c5ccc6c(c5)-c5ccccc5C65c6ccccc6Sc6c5ccc5c7ccc8ccccc8c7n(-c7cccc(-c8nc(-c9ccccc9)nc(-c9ccccc9)n8)c7)c65)c4)cc(-c4ccccc4)n3)c21. The molecule has 6 nitrogen and oxygen atoms in total. The number of hydrogen-bond donors (Lipinski definition) is 0. The largest absolute Gasteiger partial charge is 0.307 e. The van der Waals surface area contributed by atoms with Crippen molar-refractivity contribution in [3.05, 3.63) is 426 Å². The van der Waals surface area contributed by atoms with Crippen LogP contribution in [0, 0.1) is 0 Å². The smallest absolute Gasteiger partial charge is 0.164 e. The molecule has 0 amide bonds. The lowest BCUT2D eigenvalue weighted by Gasteiger charge is -2.41. The minimum atomic E-state index is -0.689. The fourth-order valence-corrected chi connectivity index (χ4v) is 23.1. The quantitative estimate of drug-likeness (QED) is 0.151. The molecule has 16 aromatic carbocycles. The summed E-state index contributed by atoms with van der Waals surface area (Å²) in [5, 5.41) is 9.53. The van der Waals surface area contributed by atoms with E-state index < -0.39 is 10.8 Å². The van der Waals surface area contributed by atoms with Gasteiger partial charge in [0.2, 0.25) is 0 Å². The fourth-order valence-electron chi connectivity index (χ4n) is 20.5. The molecule has 25 rings (SSSR count). The van der Waals surface area contributed by atoms with Gasteiger partial charge in [-0.1, -0.05) is 351 Å². The maximum atomic E-state index is 5.90. The van der Waals surface area contributed by atoms with Crippen molar-refractivity contribution in [3.63, 3.8) is 0 Å². The second kappa shape index (κ2) is 25.2. The van der Waals surface area contributed by atoms with Gasteiger partial charge in [0.05, 0.1) is 38.6 Å². The molecule has 2 spiro atoms. The van der Waals surface area contributed by atoms with Crippen LogP contribution in [0.1, 0.15) is 57.3 Å². The van der Waals surface area contributed by atoms with E-state index in [0.29, 0.717) is 17.5 Å². The molecular weight excluding hydrogens is 1450 g/mol. The summed E-state index contributed by atoms with van der Waals surface area (Å²) in [6, 6.07) is 135. The van der Waals surface area contributed by atoms with Crippen LogP contribution < -0.4 is 0 Å². The number of benzene rings is 16. The van der Waals surface area contributed by atoms with Crippen molar-refractivity contribution >= 4 is 94.3 Å². The molecule has 2 atom stereocenters. The third-order valence-corrected chi connectivity index (χ3v) is 27.7. The van der Waals surface area contributed by atoms with E-state index in [9.17, 15) is 0 Å². The summed E-state index contributed by atoms with van der Waals surface area (Å²) in [5.41, 5.74) is 29.5. The lowest BCUT2D eigenvalue weighted by molar-refractivity contribution is 0.714. The van der Waals surface area contributed by atoms with Crippen LogP contribution in [-0.2, 0) is 10.8 Å². The molecule has 0 radical (unpaired) electrons. The van der Waals surface area contributed by atoms with Gasteiger partial charge >= 0.3 is 0 Å². The second-order valence-electron chi connectivity index (χ2n) is 31.2. The minimum Gasteiger partial charge on any atom is -0.307 e. The molecule has 0 N–H and O–H groups in total. The summed E-state index contributed by atoms with van der Waals surface area (Å²) < 4.78 is 5.10. The van der Waals surface area contributed by atoms with Gasteiger partial charge in [0.25, 0.3) is 0 Å². The number of nitrogens with zero attached hydrogens (tertiary/aromatic N) is 6. The number of allylic oxidation sites excluding steroid dienone is 4. The minimum absolute atomic E-state index is 0.519. The summed E-state index contributed by atoms with van der Waals surface area (Å²) in [4.78, 5) is 26.5. The van der Waals surface area contributed by atoms with Crippen LogP contribution in [-0.4, -0.2) is 29.1 Å². The van der Waals surface area contributed by atoms with E-state index in [2.05, 4.69) is 349 Å². The molecule has 2 unspecified atom stereocenters. The zero-order valence-corrected chi connectivity index (χ0v) is 64.3. The molecule has 20 aromatic rings. The van der Waals surface area contributed by atoms with Crippen LogP contribution in [0.5, 0.6) is 0 Å². The van der Waals surface area contributed by atoms with Crippen molar-refractivity contribution in [2.24, 2.45) is 0 Å². The van der Waals surface area contributed by atoms with E-state index in [1.807, 2.05) is 59.9 Å². The Bertz CT molecular complexity index is 7670. The summed E-state index contributed by atoms with van der Waals surface area (Å²) in [6.45, 7) is 0. The molecule has 3 aliphatic carbocycles. The summed E-state index contributed by atoms with van der Waals surface area (Å²) in [6.07, 6.45) is 6.92. The van der Waals surface area contributed by atoms with E-state index in [-0.39, 0.29) is 0 Å². The van der Waals surface area contributed by atoms with Crippen LogP contribution in [0.2, 0.25) is 0 Å². The highest BCUT2D eigenvalue weighted by Crippen LogP contribution is 2.67. The Hall–Kier alpha value is -14.0. The van der Waals surface area contributed by atoms with Crippen LogP contribution in [0.4, 0.5) is 0 Å². The van der Waals surface area contributed by atoms with Gasteiger partial charge in [0, 0.05) is 79.8 Å². The van der Waals surface area contributed by atoms with Crippen LogP contribution in [0.3, 0.4) is 0 Å². The summed E-state index contributed by atoms with van der Waals surface area (Å²) >= 11 is 3.81. The van der Waals surface area contributed by atoms with E-state index in [0.717, 1.165) is 91.1 Å². The van der Waals surface area contributed by atoms with Crippen molar-refractivity contribution in [1.82, 2.24) is 29.1 Å². The third kappa shape index (κ3) is 9.33. The molecule has 116 heavy (non-hydrogen) atoms. The highest BCUT2D eigenvalue weighted by Gasteiger charge is 2.53. The van der Waals surface area contributed by atoms with Crippen molar-refractivity contribution in [2.45, 2.75) is 43.3 Å². The Morgan fingerprint density at radius 2 is 0.741 bits per heavy atom. The van der Waals surface area contributed by atoms with Crippen LogP contribution in [0.25, 0.3) is 161 Å². The van der Waals surface area contributed by atoms with Gasteiger partial charge in [-0.25, -0.2) is 19.9 Å². The topological polar surface area (TPSA) is 61.4 Å². The van der Waals surface area contributed by atoms with Gasteiger partial charge in [0.15, 0.2) is 17.5 Å². The molecule has 540 valence electrons. The van der Waals surface area contributed by atoms with Gasteiger partial charge in [-0.05, 0) is 161 Å². The van der Waals surface area contributed by atoms with Crippen LogP contribution in [0.15, 0.2) is 401 Å².